The lowest BCUT2D eigenvalue weighted by atomic mass is 10.1. The molecule has 0 bridgehead atoms. The van der Waals surface area contributed by atoms with Crippen LogP contribution < -0.4 is 5.32 Å². The Balaban J connectivity index is 2.42. The summed E-state index contributed by atoms with van der Waals surface area (Å²) >= 11 is 0. The molecule has 0 amide bonds. The Morgan fingerprint density at radius 3 is 3.17 bits per heavy atom. The van der Waals surface area contributed by atoms with Crippen LogP contribution >= 0.6 is 0 Å². The zero-order valence-electron chi connectivity index (χ0n) is 7.05. The highest BCUT2D eigenvalue weighted by Crippen LogP contribution is 2.04. The van der Waals surface area contributed by atoms with Gasteiger partial charge in [0.2, 0.25) is 0 Å². The number of nitrogens with one attached hydrogen (secondary N) is 1. The molecule has 12 heavy (non-hydrogen) atoms. The summed E-state index contributed by atoms with van der Waals surface area (Å²) in [7, 11) is 1.43. The first-order chi connectivity index (χ1) is 5.75. The molecule has 0 radical (unpaired) electrons. The predicted molar refractivity (Wildman–Crippen MR) is 41.4 cm³/mol. The molecule has 0 aromatic heterocycles. The molecule has 1 fully saturated rings. The molecule has 1 aliphatic heterocycles. The Morgan fingerprint density at radius 2 is 2.58 bits per heavy atom. The highest BCUT2D eigenvalue weighted by molar-refractivity contribution is 5.85. The van der Waals surface area contributed by atoms with Crippen molar-refractivity contribution in [2.75, 3.05) is 33.4 Å². The third-order valence-electron chi connectivity index (χ3n) is 1.84. The SMILES string of the molecule is COCC(=O)C1CNCCN1F. The van der Waals surface area contributed by atoms with E-state index in [9.17, 15) is 9.28 Å². The van der Waals surface area contributed by atoms with E-state index >= 15 is 0 Å². The summed E-state index contributed by atoms with van der Waals surface area (Å²) in [5, 5.41) is 3.51. The number of halogens is 1. The Bertz CT molecular complexity index is 165. The van der Waals surface area contributed by atoms with Gasteiger partial charge in [0.15, 0.2) is 5.78 Å². The van der Waals surface area contributed by atoms with Crippen LogP contribution in [0.1, 0.15) is 0 Å². The maximum atomic E-state index is 12.9. The molecule has 0 aliphatic carbocycles. The van der Waals surface area contributed by atoms with Gasteiger partial charge >= 0.3 is 0 Å². The molecule has 0 saturated carbocycles. The Labute approximate surface area is 70.6 Å². The van der Waals surface area contributed by atoms with Crippen LogP contribution in [0, 0.1) is 0 Å². The van der Waals surface area contributed by atoms with Crippen LogP contribution in [0.4, 0.5) is 4.48 Å². The fourth-order valence-electron chi connectivity index (χ4n) is 1.19. The van der Waals surface area contributed by atoms with Crippen molar-refractivity contribution in [3.63, 3.8) is 0 Å². The van der Waals surface area contributed by atoms with E-state index in [1.807, 2.05) is 0 Å². The van der Waals surface area contributed by atoms with Gasteiger partial charge < -0.3 is 10.1 Å². The maximum Gasteiger partial charge on any atom is 0.179 e. The molecule has 1 saturated heterocycles. The lowest BCUT2D eigenvalue weighted by Gasteiger charge is -2.27. The van der Waals surface area contributed by atoms with E-state index in [0.717, 1.165) is 0 Å². The van der Waals surface area contributed by atoms with Gasteiger partial charge in [-0.2, -0.15) is 0 Å². The predicted octanol–water partition coefficient (Wildman–Crippen LogP) is -0.640. The average molecular weight is 176 g/mol. The summed E-state index contributed by atoms with van der Waals surface area (Å²) < 4.78 is 17.6. The number of carbonyl (C=O) groups excluding carboxylic acids is 1. The fraction of sp³-hybridized carbons (Fsp3) is 0.857. The van der Waals surface area contributed by atoms with E-state index < -0.39 is 6.04 Å². The average Bonchev–Trinajstić information content (AvgIpc) is 2.05. The third-order valence-corrected chi connectivity index (χ3v) is 1.84. The van der Waals surface area contributed by atoms with Crippen LogP contribution in [-0.4, -0.2) is 50.3 Å². The van der Waals surface area contributed by atoms with Crippen molar-refractivity contribution in [3.8, 4) is 0 Å². The second-order valence-electron chi connectivity index (χ2n) is 2.74. The molecule has 1 atom stereocenters. The van der Waals surface area contributed by atoms with Crippen LogP contribution in [0.15, 0.2) is 0 Å². The lowest BCUT2D eigenvalue weighted by Crippen LogP contribution is -2.52. The highest BCUT2D eigenvalue weighted by Gasteiger charge is 2.28. The number of piperazine rings is 1. The van der Waals surface area contributed by atoms with Crippen LogP contribution in [0.3, 0.4) is 0 Å². The maximum absolute atomic E-state index is 12.9. The molecule has 70 valence electrons. The molecule has 1 N–H and O–H groups in total. The first-order valence-electron chi connectivity index (χ1n) is 3.90. The summed E-state index contributed by atoms with van der Waals surface area (Å²) in [5.41, 5.74) is 0. The van der Waals surface area contributed by atoms with Crippen molar-refractivity contribution in [1.29, 1.82) is 0 Å². The second kappa shape index (κ2) is 4.49. The quantitative estimate of drug-likeness (QED) is 0.581. The minimum atomic E-state index is -0.668. The molecule has 1 heterocycles. The minimum absolute atomic E-state index is 0.0211. The number of ether oxygens (including phenoxy) is 1. The van der Waals surface area contributed by atoms with Gasteiger partial charge in [-0.15, -0.1) is 9.60 Å². The first-order valence-corrected chi connectivity index (χ1v) is 3.90. The summed E-state index contributed by atoms with van der Waals surface area (Å²) in [6.07, 6.45) is 0. The van der Waals surface area contributed by atoms with Gasteiger partial charge in [-0.05, 0) is 0 Å². The van der Waals surface area contributed by atoms with Crippen molar-refractivity contribution in [1.82, 2.24) is 10.4 Å². The highest BCUT2D eigenvalue weighted by atomic mass is 19.2. The number of hydrogen-bond acceptors (Lipinski definition) is 4. The lowest BCUT2D eigenvalue weighted by molar-refractivity contribution is -0.137. The summed E-state index contributed by atoms with van der Waals surface area (Å²) in [6.45, 7) is 1.21. The summed E-state index contributed by atoms with van der Waals surface area (Å²) in [4.78, 5) is 11.2. The molecular weight excluding hydrogens is 163 g/mol. The third kappa shape index (κ3) is 2.23. The molecule has 0 spiro atoms. The summed E-state index contributed by atoms with van der Waals surface area (Å²) in [5.74, 6) is -0.216. The Hall–Kier alpha value is -0.520. The topological polar surface area (TPSA) is 41.6 Å². The van der Waals surface area contributed by atoms with E-state index in [-0.39, 0.29) is 18.9 Å². The number of Topliss-reactive ketones (excluding diaryl/α,β-unsaturated/α-hetero) is 1. The van der Waals surface area contributed by atoms with E-state index in [4.69, 9.17) is 0 Å². The number of nitrogens with zero attached hydrogens (tertiary/aromatic N) is 1. The van der Waals surface area contributed by atoms with Gasteiger partial charge in [-0.3, -0.25) is 4.79 Å². The monoisotopic (exact) mass is 176 g/mol. The number of hydrogen-bond donors (Lipinski definition) is 1. The molecule has 1 rings (SSSR count). The van der Waals surface area contributed by atoms with Gasteiger partial charge in [-0.1, -0.05) is 0 Å². The second-order valence-corrected chi connectivity index (χ2v) is 2.74. The minimum Gasteiger partial charge on any atom is -0.377 e. The van der Waals surface area contributed by atoms with Crippen molar-refractivity contribution < 1.29 is 14.0 Å². The number of carbonyl (C=O) groups is 1. The van der Waals surface area contributed by atoms with Gasteiger partial charge in [0.05, 0.1) is 0 Å². The number of rotatable bonds is 3. The molecule has 0 aromatic carbocycles. The standard InChI is InChI=1S/C7H13FN2O2/c1-12-5-7(11)6-4-9-2-3-10(6)8/h6,9H,2-5H2,1H3. The van der Waals surface area contributed by atoms with Crippen LogP contribution in [0.5, 0.6) is 0 Å². The Kier molecular flexibility index (Phi) is 3.58. The van der Waals surface area contributed by atoms with Crippen LogP contribution in [0.2, 0.25) is 0 Å². The number of ketones is 1. The van der Waals surface area contributed by atoms with Crippen molar-refractivity contribution in [2.24, 2.45) is 0 Å². The van der Waals surface area contributed by atoms with Gasteiger partial charge in [-0.25, -0.2) is 0 Å². The molecule has 5 heteroatoms. The first kappa shape index (κ1) is 9.57. The van der Waals surface area contributed by atoms with Gasteiger partial charge in [0, 0.05) is 26.7 Å². The zero-order chi connectivity index (χ0) is 8.97. The fourth-order valence-corrected chi connectivity index (χ4v) is 1.19. The Morgan fingerprint density at radius 1 is 1.83 bits per heavy atom. The van der Waals surface area contributed by atoms with E-state index in [1.54, 1.807) is 0 Å². The largest absolute Gasteiger partial charge is 0.377 e. The molecule has 0 aromatic rings. The van der Waals surface area contributed by atoms with Crippen molar-refractivity contribution in [3.05, 3.63) is 0 Å². The smallest absolute Gasteiger partial charge is 0.179 e. The summed E-state index contributed by atoms with van der Waals surface area (Å²) in [6, 6.07) is -0.668. The van der Waals surface area contributed by atoms with E-state index in [1.165, 1.54) is 7.11 Å². The van der Waals surface area contributed by atoms with Crippen molar-refractivity contribution in [2.45, 2.75) is 6.04 Å². The molecule has 4 nitrogen and oxygen atoms in total. The van der Waals surface area contributed by atoms with Crippen molar-refractivity contribution >= 4 is 5.78 Å². The van der Waals surface area contributed by atoms with E-state index in [0.29, 0.717) is 18.2 Å². The van der Waals surface area contributed by atoms with Gasteiger partial charge in [0.1, 0.15) is 12.6 Å². The van der Waals surface area contributed by atoms with Crippen LogP contribution in [0.25, 0.3) is 0 Å². The normalized spacial score (nSPS) is 25.7. The van der Waals surface area contributed by atoms with E-state index in [2.05, 4.69) is 10.1 Å². The van der Waals surface area contributed by atoms with Crippen LogP contribution in [-0.2, 0) is 9.53 Å². The molecule has 1 aliphatic rings. The molecular formula is C7H13FN2O2. The zero-order valence-corrected chi connectivity index (χ0v) is 7.05. The molecule has 1 unspecified atom stereocenters. The number of methoxy groups -OCH3 is 1. The van der Waals surface area contributed by atoms with Gasteiger partial charge in [0.25, 0.3) is 0 Å².